The number of carbonyl (C=O) groups excluding carboxylic acids is 1. The Labute approximate surface area is 208 Å². The lowest BCUT2D eigenvalue weighted by Gasteiger charge is -2.35. The number of halogens is 1. The lowest BCUT2D eigenvalue weighted by molar-refractivity contribution is 0.0148. The molecule has 8 nitrogen and oxygen atoms in total. The molecule has 2 heterocycles. The van der Waals surface area contributed by atoms with Crippen molar-refractivity contribution in [2.45, 2.75) is 53.1 Å². The van der Waals surface area contributed by atoms with E-state index >= 15 is 0 Å². The number of rotatable bonds is 8. The number of aryl methyl sites for hydroxylation is 1. The van der Waals surface area contributed by atoms with Gasteiger partial charge in [-0.25, -0.2) is 9.78 Å². The van der Waals surface area contributed by atoms with Crippen LogP contribution >= 0.6 is 35.3 Å². The third kappa shape index (κ3) is 10.8. The van der Waals surface area contributed by atoms with Crippen LogP contribution in [0.3, 0.4) is 0 Å². The summed E-state index contributed by atoms with van der Waals surface area (Å²) in [6.45, 7) is 16.3. The summed E-state index contributed by atoms with van der Waals surface area (Å²) in [7, 11) is 0. The predicted molar refractivity (Wildman–Crippen MR) is 139 cm³/mol. The van der Waals surface area contributed by atoms with Crippen LogP contribution in [-0.2, 0) is 17.6 Å². The Kier molecular flexibility index (Phi) is 12.7. The molecule has 0 bridgehead atoms. The summed E-state index contributed by atoms with van der Waals surface area (Å²) >= 11 is 1.78. The lowest BCUT2D eigenvalue weighted by atomic mass is 10.2. The highest BCUT2D eigenvalue weighted by molar-refractivity contribution is 14.0. The summed E-state index contributed by atoms with van der Waals surface area (Å²) in [4.78, 5) is 26.8. The first-order chi connectivity index (χ1) is 14.3. The molecule has 2 N–H and O–H groups in total. The third-order valence-electron chi connectivity index (χ3n) is 4.64. The average Bonchev–Trinajstić information content (AvgIpc) is 3.15. The molecule has 1 fully saturated rings. The number of nitrogens with zero attached hydrogens (tertiary/aromatic N) is 4. The van der Waals surface area contributed by atoms with Crippen LogP contribution in [-0.4, -0.2) is 84.8 Å². The maximum atomic E-state index is 12.2. The van der Waals surface area contributed by atoms with Crippen molar-refractivity contribution in [3.05, 3.63) is 16.1 Å². The zero-order chi connectivity index (χ0) is 22.0. The number of piperazine rings is 1. The van der Waals surface area contributed by atoms with E-state index in [1.807, 2.05) is 27.0 Å². The first kappa shape index (κ1) is 27.9. The van der Waals surface area contributed by atoms with Crippen molar-refractivity contribution in [2.24, 2.45) is 4.99 Å². The second-order valence-electron chi connectivity index (χ2n) is 8.32. The number of nitrogens with one attached hydrogen (secondary N) is 2. The highest BCUT2D eigenvalue weighted by Crippen LogP contribution is 2.13. The van der Waals surface area contributed by atoms with Gasteiger partial charge in [0.15, 0.2) is 5.96 Å². The molecule has 2 rings (SSSR count). The van der Waals surface area contributed by atoms with Crippen molar-refractivity contribution < 1.29 is 9.53 Å². The topological polar surface area (TPSA) is 82.1 Å². The summed E-state index contributed by atoms with van der Waals surface area (Å²) in [6.07, 6.45) is 3.70. The highest BCUT2D eigenvalue weighted by atomic mass is 127. The molecule has 1 aliphatic heterocycles. The molecule has 1 saturated heterocycles. The molecule has 178 valence electrons. The van der Waals surface area contributed by atoms with Crippen molar-refractivity contribution in [1.82, 2.24) is 25.4 Å². The Morgan fingerprint density at radius 2 is 1.94 bits per heavy atom. The number of hydrogen-bond acceptors (Lipinski definition) is 6. The minimum Gasteiger partial charge on any atom is -0.444 e. The first-order valence-electron chi connectivity index (χ1n) is 11.0. The largest absolute Gasteiger partial charge is 0.444 e. The Hall–Kier alpha value is -1.14. The van der Waals surface area contributed by atoms with Gasteiger partial charge in [0.1, 0.15) is 5.60 Å². The number of guanidine groups is 1. The predicted octanol–water partition coefficient (Wildman–Crippen LogP) is 2.97. The molecule has 31 heavy (non-hydrogen) atoms. The van der Waals surface area contributed by atoms with Crippen LogP contribution in [0.25, 0.3) is 0 Å². The van der Waals surface area contributed by atoms with Crippen LogP contribution in [0.1, 0.15) is 44.5 Å². The molecule has 1 amide bonds. The molecule has 0 aromatic carbocycles. The molecule has 10 heteroatoms. The molecule has 0 spiro atoms. The fourth-order valence-electron chi connectivity index (χ4n) is 3.04. The van der Waals surface area contributed by atoms with Crippen molar-refractivity contribution in [3.63, 3.8) is 0 Å². The van der Waals surface area contributed by atoms with Crippen molar-refractivity contribution >= 4 is 47.4 Å². The fourth-order valence-corrected chi connectivity index (χ4v) is 3.90. The van der Waals surface area contributed by atoms with E-state index in [0.29, 0.717) is 13.1 Å². The maximum Gasteiger partial charge on any atom is 0.410 e. The normalized spacial score (nSPS) is 15.4. The fraction of sp³-hybridized carbons (Fsp3) is 0.762. The number of carbonyl (C=O) groups is 1. The SMILES string of the molecule is CCNC(=NCCN1CCN(C(=O)OC(C)(C)C)CC1)NCCc1ncc(CC)s1.I. The quantitative estimate of drug-likeness (QED) is 0.286. The number of thiazole rings is 1. The average molecular weight is 567 g/mol. The Balaban J connectivity index is 0.00000480. The van der Waals surface area contributed by atoms with E-state index in [4.69, 9.17) is 9.73 Å². The van der Waals surface area contributed by atoms with Gasteiger partial charge in [0.2, 0.25) is 0 Å². The molecular weight excluding hydrogens is 527 g/mol. The number of amides is 1. The van der Waals surface area contributed by atoms with Gasteiger partial charge in [-0.15, -0.1) is 35.3 Å². The third-order valence-corrected chi connectivity index (χ3v) is 5.84. The number of aliphatic imine (C=N–C) groups is 1. The summed E-state index contributed by atoms with van der Waals surface area (Å²) in [5, 5.41) is 7.86. The molecule has 0 unspecified atom stereocenters. The highest BCUT2D eigenvalue weighted by Gasteiger charge is 2.25. The van der Waals surface area contributed by atoms with E-state index in [1.165, 1.54) is 4.88 Å². The smallest absolute Gasteiger partial charge is 0.410 e. The van der Waals surface area contributed by atoms with Gasteiger partial charge in [-0.05, 0) is 34.1 Å². The van der Waals surface area contributed by atoms with Crippen molar-refractivity contribution in [2.75, 3.05) is 52.4 Å². The van der Waals surface area contributed by atoms with E-state index in [1.54, 1.807) is 16.2 Å². The van der Waals surface area contributed by atoms with Gasteiger partial charge >= 0.3 is 6.09 Å². The monoisotopic (exact) mass is 566 g/mol. The van der Waals surface area contributed by atoms with E-state index in [9.17, 15) is 4.79 Å². The molecular formula is C21H39IN6O2S. The maximum absolute atomic E-state index is 12.2. The summed E-state index contributed by atoms with van der Waals surface area (Å²) in [5.41, 5.74) is -0.448. The zero-order valence-electron chi connectivity index (χ0n) is 19.6. The first-order valence-corrected chi connectivity index (χ1v) is 11.8. The van der Waals surface area contributed by atoms with Crippen molar-refractivity contribution in [3.8, 4) is 0 Å². The Morgan fingerprint density at radius 3 is 2.52 bits per heavy atom. The van der Waals surface area contributed by atoms with Gasteiger partial charge in [-0.3, -0.25) is 9.89 Å². The second kappa shape index (κ2) is 14.1. The molecule has 0 saturated carbocycles. The second-order valence-corrected chi connectivity index (χ2v) is 9.52. The van der Waals surface area contributed by atoms with Gasteiger partial charge in [-0.1, -0.05) is 6.92 Å². The standard InChI is InChI=1S/C21H38N6O2S.HI/c1-6-17-16-25-18(30-17)8-9-23-19(22-7-2)24-10-11-26-12-14-27(15-13-26)20(28)29-21(3,4)5;/h16H,6-15H2,1-5H3,(H2,22,23,24);1H. The van der Waals surface area contributed by atoms with Gasteiger partial charge < -0.3 is 20.3 Å². The van der Waals surface area contributed by atoms with Crippen LogP contribution in [0, 0.1) is 0 Å². The van der Waals surface area contributed by atoms with Gasteiger partial charge in [0.25, 0.3) is 0 Å². The van der Waals surface area contributed by atoms with Crippen LogP contribution in [0.4, 0.5) is 4.79 Å². The number of aromatic nitrogens is 1. The van der Waals surface area contributed by atoms with Gasteiger partial charge in [0, 0.05) is 63.3 Å². The summed E-state index contributed by atoms with van der Waals surface area (Å²) in [6, 6.07) is 0. The van der Waals surface area contributed by atoms with Crippen LogP contribution in [0.15, 0.2) is 11.2 Å². The molecule has 0 aliphatic carbocycles. The van der Waals surface area contributed by atoms with Crippen LogP contribution in [0.2, 0.25) is 0 Å². The van der Waals surface area contributed by atoms with Crippen LogP contribution in [0.5, 0.6) is 0 Å². The van der Waals surface area contributed by atoms with Crippen LogP contribution < -0.4 is 10.6 Å². The Morgan fingerprint density at radius 1 is 1.23 bits per heavy atom. The van der Waals surface area contributed by atoms with Gasteiger partial charge in [-0.2, -0.15) is 0 Å². The van der Waals surface area contributed by atoms with E-state index in [0.717, 1.165) is 63.1 Å². The van der Waals surface area contributed by atoms with Gasteiger partial charge in [0.05, 0.1) is 11.6 Å². The molecule has 1 aliphatic rings. The van der Waals surface area contributed by atoms with E-state index in [2.05, 4.69) is 34.4 Å². The zero-order valence-corrected chi connectivity index (χ0v) is 22.7. The number of ether oxygens (including phenoxy) is 1. The summed E-state index contributed by atoms with van der Waals surface area (Å²) < 4.78 is 5.46. The minimum absolute atomic E-state index is 0. The number of hydrogen-bond donors (Lipinski definition) is 2. The molecule has 1 aromatic rings. The van der Waals surface area contributed by atoms with E-state index < -0.39 is 5.60 Å². The Bertz CT molecular complexity index is 684. The molecule has 1 aromatic heterocycles. The summed E-state index contributed by atoms with van der Waals surface area (Å²) in [5.74, 6) is 0.845. The lowest BCUT2D eigenvalue weighted by Crippen LogP contribution is -2.50. The van der Waals surface area contributed by atoms with E-state index in [-0.39, 0.29) is 30.1 Å². The van der Waals surface area contributed by atoms with Crippen molar-refractivity contribution in [1.29, 1.82) is 0 Å². The molecule has 0 atom stereocenters. The minimum atomic E-state index is -0.448. The molecule has 0 radical (unpaired) electrons.